The number of aromatic nitrogens is 2. The zero-order valence-electron chi connectivity index (χ0n) is 10.7. The van der Waals surface area contributed by atoms with Gasteiger partial charge in [-0.2, -0.15) is 5.10 Å². The number of aryl methyl sites for hydroxylation is 1. The third-order valence-electron chi connectivity index (χ3n) is 2.94. The predicted octanol–water partition coefficient (Wildman–Crippen LogP) is 2.85. The van der Waals surface area contributed by atoms with E-state index in [2.05, 4.69) is 5.10 Å². The fraction of sp³-hybridized carbons (Fsp3) is 0.357. The van der Waals surface area contributed by atoms with E-state index in [4.69, 9.17) is 0 Å². The number of nitrogens with zero attached hydrogens (tertiary/aromatic N) is 2. The second-order valence-corrected chi connectivity index (χ2v) is 4.47. The molecule has 0 amide bonds. The number of hydrogen-bond donors (Lipinski definition) is 1. The number of aliphatic hydroxyl groups is 1. The van der Waals surface area contributed by atoms with E-state index in [9.17, 15) is 13.9 Å². The first-order chi connectivity index (χ1) is 9.11. The predicted molar refractivity (Wildman–Crippen MR) is 67.5 cm³/mol. The van der Waals surface area contributed by atoms with Crippen molar-refractivity contribution in [2.75, 3.05) is 0 Å². The Morgan fingerprint density at radius 3 is 2.89 bits per heavy atom. The van der Waals surface area contributed by atoms with Gasteiger partial charge in [0.15, 0.2) is 11.6 Å². The first-order valence-corrected chi connectivity index (χ1v) is 6.25. The van der Waals surface area contributed by atoms with E-state index in [-0.39, 0.29) is 12.0 Å². The lowest BCUT2D eigenvalue weighted by molar-refractivity contribution is 0.176. The van der Waals surface area contributed by atoms with Gasteiger partial charge in [-0.3, -0.25) is 4.68 Å². The average molecular weight is 266 g/mol. The summed E-state index contributed by atoms with van der Waals surface area (Å²) >= 11 is 0. The zero-order chi connectivity index (χ0) is 13.8. The molecule has 0 aliphatic rings. The van der Waals surface area contributed by atoms with E-state index in [0.717, 1.165) is 19.0 Å². The fourth-order valence-electron chi connectivity index (χ4n) is 1.94. The SMILES string of the molecule is CCCn1cc(C(O)Cc2cccc(F)c2F)cn1. The Kier molecular flexibility index (Phi) is 4.27. The minimum absolute atomic E-state index is 0.0292. The molecule has 1 aromatic carbocycles. The first kappa shape index (κ1) is 13.7. The molecule has 0 radical (unpaired) electrons. The van der Waals surface area contributed by atoms with Crippen LogP contribution < -0.4 is 0 Å². The van der Waals surface area contributed by atoms with Crippen LogP contribution in [0.2, 0.25) is 0 Å². The smallest absolute Gasteiger partial charge is 0.162 e. The van der Waals surface area contributed by atoms with Crippen LogP contribution >= 0.6 is 0 Å². The monoisotopic (exact) mass is 266 g/mol. The van der Waals surface area contributed by atoms with Gasteiger partial charge in [0.25, 0.3) is 0 Å². The quantitative estimate of drug-likeness (QED) is 0.903. The van der Waals surface area contributed by atoms with Crippen LogP contribution in [0, 0.1) is 11.6 Å². The Morgan fingerprint density at radius 1 is 1.37 bits per heavy atom. The molecule has 0 saturated carbocycles. The molecule has 0 saturated heterocycles. The Hall–Kier alpha value is -1.75. The number of hydrogen-bond acceptors (Lipinski definition) is 2. The van der Waals surface area contributed by atoms with Crippen molar-refractivity contribution in [2.24, 2.45) is 0 Å². The Balaban J connectivity index is 2.11. The van der Waals surface area contributed by atoms with Crippen molar-refractivity contribution in [1.29, 1.82) is 0 Å². The summed E-state index contributed by atoms with van der Waals surface area (Å²) in [5, 5.41) is 14.1. The topological polar surface area (TPSA) is 38.0 Å². The van der Waals surface area contributed by atoms with Crippen LogP contribution in [-0.4, -0.2) is 14.9 Å². The molecular formula is C14H16F2N2O. The number of benzene rings is 1. The van der Waals surface area contributed by atoms with Crippen molar-refractivity contribution in [1.82, 2.24) is 9.78 Å². The summed E-state index contributed by atoms with van der Waals surface area (Å²) in [5.74, 6) is -1.80. The molecule has 0 fully saturated rings. The van der Waals surface area contributed by atoms with Crippen molar-refractivity contribution < 1.29 is 13.9 Å². The van der Waals surface area contributed by atoms with Crippen LogP contribution in [0.1, 0.15) is 30.6 Å². The lowest BCUT2D eigenvalue weighted by atomic mass is 10.0. The van der Waals surface area contributed by atoms with Gasteiger partial charge < -0.3 is 5.11 Å². The fourth-order valence-corrected chi connectivity index (χ4v) is 1.94. The van der Waals surface area contributed by atoms with Gasteiger partial charge in [0.1, 0.15) is 0 Å². The third kappa shape index (κ3) is 3.17. The van der Waals surface area contributed by atoms with E-state index < -0.39 is 17.7 Å². The van der Waals surface area contributed by atoms with Crippen LogP contribution in [0.4, 0.5) is 8.78 Å². The number of aliphatic hydroxyl groups excluding tert-OH is 1. The van der Waals surface area contributed by atoms with Gasteiger partial charge in [-0.25, -0.2) is 8.78 Å². The van der Waals surface area contributed by atoms with Crippen LogP contribution in [0.25, 0.3) is 0 Å². The van der Waals surface area contributed by atoms with E-state index in [1.54, 1.807) is 17.1 Å². The Bertz CT molecular complexity index is 554. The molecule has 102 valence electrons. The maximum Gasteiger partial charge on any atom is 0.162 e. The molecule has 1 heterocycles. The maximum absolute atomic E-state index is 13.5. The average Bonchev–Trinajstić information content (AvgIpc) is 2.84. The lowest BCUT2D eigenvalue weighted by Crippen LogP contribution is -2.04. The van der Waals surface area contributed by atoms with Crippen molar-refractivity contribution in [3.8, 4) is 0 Å². The molecule has 1 N–H and O–H groups in total. The molecule has 1 atom stereocenters. The highest BCUT2D eigenvalue weighted by Crippen LogP contribution is 2.21. The van der Waals surface area contributed by atoms with E-state index in [1.165, 1.54) is 12.1 Å². The summed E-state index contributed by atoms with van der Waals surface area (Å²) in [7, 11) is 0. The lowest BCUT2D eigenvalue weighted by Gasteiger charge is -2.09. The molecule has 0 aliphatic carbocycles. The molecule has 1 unspecified atom stereocenters. The van der Waals surface area contributed by atoms with Crippen LogP contribution in [0.5, 0.6) is 0 Å². The standard InChI is InChI=1S/C14H16F2N2O/c1-2-6-18-9-11(8-17-18)13(19)7-10-4-3-5-12(15)14(10)16/h3-5,8-9,13,19H,2,6-7H2,1H3. The normalized spacial score (nSPS) is 12.6. The molecule has 0 bridgehead atoms. The summed E-state index contributed by atoms with van der Waals surface area (Å²) < 4.78 is 28.3. The van der Waals surface area contributed by atoms with Crippen molar-refractivity contribution in [2.45, 2.75) is 32.4 Å². The number of rotatable bonds is 5. The molecule has 2 rings (SSSR count). The van der Waals surface area contributed by atoms with Gasteiger partial charge >= 0.3 is 0 Å². The highest BCUT2D eigenvalue weighted by atomic mass is 19.2. The second kappa shape index (κ2) is 5.93. The van der Waals surface area contributed by atoms with E-state index in [0.29, 0.717) is 5.56 Å². The minimum atomic E-state index is -0.900. The zero-order valence-corrected chi connectivity index (χ0v) is 10.7. The largest absolute Gasteiger partial charge is 0.388 e. The summed E-state index contributed by atoms with van der Waals surface area (Å²) in [5.41, 5.74) is 0.771. The highest BCUT2D eigenvalue weighted by molar-refractivity contribution is 5.22. The highest BCUT2D eigenvalue weighted by Gasteiger charge is 2.15. The molecule has 19 heavy (non-hydrogen) atoms. The molecular weight excluding hydrogens is 250 g/mol. The Morgan fingerprint density at radius 2 is 2.16 bits per heavy atom. The first-order valence-electron chi connectivity index (χ1n) is 6.25. The van der Waals surface area contributed by atoms with Crippen LogP contribution in [0.15, 0.2) is 30.6 Å². The van der Waals surface area contributed by atoms with Gasteiger partial charge in [-0.1, -0.05) is 19.1 Å². The van der Waals surface area contributed by atoms with Crippen molar-refractivity contribution in [3.63, 3.8) is 0 Å². The molecule has 5 heteroatoms. The summed E-state index contributed by atoms with van der Waals surface area (Å²) in [4.78, 5) is 0. The molecule has 0 aliphatic heterocycles. The summed E-state index contributed by atoms with van der Waals surface area (Å²) in [6.07, 6.45) is 3.36. The minimum Gasteiger partial charge on any atom is -0.388 e. The Labute approximate surface area is 110 Å². The van der Waals surface area contributed by atoms with Gasteiger partial charge in [0, 0.05) is 24.7 Å². The summed E-state index contributed by atoms with van der Waals surface area (Å²) in [6, 6.07) is 3.96. The third-order valence-corrected chi connectivity index (χ3v) is 2.94. The second-order valence-electron chi connectivity index (χ2n) is 4.47. The summed E-state index contributed by atoms with van der Waals surface area (Å²) in [6.45, 7) is 2.79. The number of halogens is 2. The molecule has 1 aromatic heterocycles. The van der Waals surface area contributed by atoms with Gasteiger partial charge in [-0.05, 0) is 18.1 Å². The van der Waals surface area contributed by atoms with E-state index in [1.807, 2.05) is 6.92 Å². The molecule has 2 aromatic rings. The maximum atomic E-state index is 13.5. The van der Waals surface area contributed by atoms with Gasteiger partial charge in [0.2, 0.25) is 0 Å². The van der Waals surface area contributed by atoms with Crippen LogP contribution in [-0.2, 0) is 13.0 Å². The van der Waals surface area contributed by atoms with Crippen molar-refractivity contribution in [3.05, 3.63) is 53.4 Å². The van der Waals surface area contributed by atoms with Gasteiger partial charge in [-0.15, -0.1) is 0 Å². The van der Waals surface area contributed by atoms with E-state index >= 15 is 0 Å². The molecule has 3 nitrogen and oxygen atoms in total. The van der Waals surface area contributed by atoms with Crippen molar-refractivity contribution >= 4 is 0 Å². The molecule has 0 spiro atoms. The van der Waals surface area contributed by atoms with Crippen LogP contribution in [0.3, 0.4) is 0 Å². The van der Waals surface area contributed by atoms with Gasteiger partial charge in [0.05, 0.1) is 12.3 Å².